The molecule has 0 spiro atoms. The van der Waals surface area contributed by atoms with Crippen LogP contribution in [0.1, 0.15) is 6.85 Å². The smallest absolute Gasteiger partial charge is 0.135 e. The van der Waals surface area contributed by atoms with Crippen molar-refractivity contribution in [3.05, 3.63) is 145 Å². The van der Waals surface area contributed by atoms with Crippen molar-refractivity contribution in [2.24, 2.45) is 0 Å². The van der Waals surface area contributed by atoms with Crippen molar-refractivity contribution in [2.45, 2.75) is 0 Å². The highest BCUT2D eigenvalue weighted by Gasteiger charge is 2.22. The number of fused-ring (bicyclic) bond motifs is 6. The van der Waals surface area contributed by atoms with Crippen LogP contribution in [0, 0.1) is 0 Å². The fraction of sp³-hybridized carbons (Fsp3) is 0. The van der Waals surface area contributed by atoms with Crippen molar-refractivity contribution in [3.8, 4) is 44.9 Å². The molecule has 41 heavy (non-hydrogen) atoms. The molecule has 0 fully saturated rings. The second kappa shape index (κ2) is 8.55. The van der Waals surface area contributed by atoms with E-state index < -0.39 is 6.04 Å². The van der Waals surface area contributed by atoms with E-state index in [4.69, 9.17) is 11.6 Å². The average molecular weight is 526 g/mol. The van der Waals surface area contributed by atoms with Crippen molar-refractivity contribution in [1.82, 2.24) is 0 Å². The number of hydrogen-bond acceptors (Lipinski definition) is 1. The van der Waals surface area contributed by atoms with Crippen LogP contribution in [-0.2, 0) is 0 Å². The van der Waals surface area contributed by atoms with Gasteiger partial charge < -0.3 is 4.74 Å². The van der Waals surface area contributed by atoms with Crippen LogP contribution in [0.5, 0.6) is 11.5 Å². The fourth-order valence-electron chi connectivity index (χ4n) is 6.60. The molecule has 0 N–H and O–H groups in total. The minimum Gasteiger partial charge on any atom is -0.456 e. The quantitative estimate of drug-likeness (QED) is 0.161. The summed E-state index contributed by atoms with van der Waals surface area (Å²) in [7, 11) is 0. The average Bonchev–Trinajstić information content (AvgIpc) is 3.09. The second-order valence-electron chi connectivity index (χ2n) is 10.5. The molecule has 0 radical (unpaired) electrons. The van der Waals surface area contributed by atoms with Crippen LogP contribution < -0.4 is 4.74 Å². The Morgan fingerprint density at radius 3 is 2.07 bits per heavy atom. The minimum atomic E-state index is -0.401. The highest BCUT2D eigenvalue weighted by molar-refractivity contribution is 6.24. The van der Waals surface area contributed by atoms with Gasteiger partial charge in [0, 0.05) is 10.9 Å². The number of hydrogen-bond donors (Lipinski definition) is 0. The zero-order chi connectivity index (χ0) is 31.3. The molecule has 0 aromatic heterocycles. The maximum absolute atomic E-state index is 9.00. The highest BCUT2D eigenvalue weighted by atomic mass is 16.5. The van der Waals surface area contributed by atoms with Crippen LogP contribution >= 0.6 is 0 Å². The van der Waals surface area contributed by atoms with Crippen molar-refractivity contribution < 1.29 is 11.6 Å². The highest BCUT2D eigenvalue weighted by Crippen LogP contribution is 2.50. The first-order valence-corrected chi connectivity index (χ1v) is 13.7. The van der Waals surface area contributed by atoms with Gasteiger partial charge in [0.1, 0.15) is 11.5 Å². The standard InChI is InChI=1S/C40H24O/c1-2-11-26(12-3-1)38-34-18-8-15-29(35(34)24-27-21-20-25-10-4-5-13-28(25)39(27)38)30-22-23-37-40-32(30)16-9-17-33(40)31-14-6-7-19-36(31)41-37/h1-24H/i1D,2D,3D,11D,12D. The molecule has 0 saturated heterocycles. The Hall–Kier alpha value is -5.40. The summed E-state index contributed by atoms with van der Waals surface area (Å²) < 4.78 is 49.7. The lowest BCUT2D eigenvalue weighted by Crippen LogP contribution is -1.97. The third kappa shape index (κ3) is 3.24. The number of ether oxygens (including phenoxy) is 1. The Labute approximate surface area is 244 Å². The molecular weight excluding hydrogens is 496 g/mol. The lowest BCUT2D eigenvalue weighted by molar-refractivity contribution is 0.487. The zero-order valence-electron chi connectivity index (χ0n) is 26.9. The maximum Gasteiger partial charge on any atom is 0.135 e. The predicted octanol–water partition coefficient (Wildman–Crippen LogP) is 11.4. The normalized spacial score (nSPS) is 13.8. The molecule has 1 nitrogen and oxygen atoms in total. The molecule has 1 aliphatic heterocycles. The van der Waals surface area contributed by atoms with Crippen LogP contribution in [0.3, 0.4) is 0 Å². The van der Waals surface area contributed by atoms with E-state index in [2.05, 4.69) is 54.6 Å². The largest absolute Gasteiger partial charge is 0.456 e. The fourth-order valence-corrected chi connectivity index (χ4v) is 6.60. The van der Waals surface area contributed by atoms with Crippen LogP contribution in [0.4, 0.5) is 0 Å². The number of benzene rings is 8. The third-order valence-corrected chi connectivity index (χ3v) is 8.33. The molecule has 0 saturated carbocycles. The predicted molar refractivity (Wildman–Crippen MR) is 173 cm³/mol. The van der Waals surface area contributed by atoms with Gasteiger partial charge in [0.05, 0.1) is 6.85 Å². The zero-order valence-corrected chi connectivity index (χ0v) is 21.9. The van der Waals surface area contributed by atoms with Gasteiger partial charge in [-0.15, -0.1) is 0 Å². The van der Waals surface area contributed by atoms with E-state index in [1.807, 2.05) is 60.7 Å². The SMILES string of the molecule is [2H]c1c([2H])c([2H])c(-c2c3cccc(-c4ccc5c6c(cccc46)-c4ccccc4O5)c3cc3ccc4ccccc4c23)c([2H])c1[2H]. The van der Waals surface area contributed by atoms with Gasteiger partial charge in [-0.1, -0.05) is 127 Å². The molecule has 1 heterocycles. The Balaban J connectivity index is 1.44. The molecule has 8 aromatic carbocycles. The summed E-state index contributed by atoms with van der Waals surface area (Å²) in [4.78, 5) is 0. The first-order chi connectivity index (χ1) is 22.4. The molecule has 9 rings (SSSR count). The molecular formula is C40H24O. The Kier molecular flexibility index (Phi) is 3.76. The first-order valence-electron chi connectivity index (χ1n) is 16.2. The second-order valence-corrected chi connectivity index (χ2v) is 10.5. The van der Waals surface area contributed by atoms with Crippen LogP contribution in [-0.4, -0.2) is 0 Å². The van der Waals surface area contributed by atoms with Crippen LogP contribution in [0.25, 0.3) is 76.5 Å². The Morgan fingerprint density at radius 2 is 1.15 bits per heavy atom. The van der Waals surface area contributed by atoms with Gasteiger partial charge in [-0.25, -0.2) is 0 Å². The molecule has 0 amide bonds. The Morgan fingerprint density at radius 1 is 0.439 bits per heavy atom. The maximum atomic E-state index is 9.00. The number of para-hydroxylation sites is 1. The van der Waals surface area contributed by atoms with Crippen molar-refractivity contribution in [1.29, 1.82) is 0 Å². The van der Waals surface area contributed by atoms with Gasteiger partial charge in [-0.3, -0.25) is 0 Å². The van der Waals surface area contributed by atoms with E-state index in [0.717, 1.165) is 76.8 Å². The Bertz CT molecular complexity index is 2600. The molecule has 1 aliphatic rings. The van der Waals surface area contributed by atoms with Gasteiger partial charge in [0.15, 0.2) is 0 Å². The molecule has 8 aromatic rings. The molecule has 0 unspecified atom stereocenters. The molecule has 190 valence electrons. The molecule has 0 aliphatic carbocycles. The van der Waals surface area contributed by atoms with Crippen LogP contribution in [0.2, 0.25) is 0 Å². The van der Waals surface area contributed by atoms with Crippen molar-refractivity contribution >= 4 is 43.1 Å². The van der Waals surface area contributed by atoms with E-state index in [-0.39, 0.29) is 29.7 Å². The molecule has 0 atom stereocenters. The summed E-state index contributed by atoms with van der Waals surface area (Å²) in [5, 5.41) is 7.64. The van der Waals surface area contributed by atoms with Crippen molar-refractivity contribution in [2.75, 3.05) is 0 Å². The summed E-state index contributed by atoms with van der Waals surface area (Å²) >= 11 is 0. The monoisotopic (exact) mass is 525 g/mol. The topological polar surface area (TPSA) is 9.23 Å². The van der Waals surface area contributed by atoms with Crippen molar-refractivity contribution in [3.63, 3.8) is 0 Å². The summed E-state index contributed by atoms with van der Waals surface area (Å²) in [6.45, 7) is 0. The van der Waals surface area contributed by atoms with E-state index in [1.54, 1.807) is 0 Å². The molecule has 1 heteroatoms. The van der Waals surface area contributed by atoms with E-state index >= 15 is 0 Å². The first kappa shape index (κ1) is 18.0. The van der Waals surface area contributed by atoms with E-state index in [0.29, 0.717) is 5.56 Å². The lowest BCUT2D eigenvalue weighted by atomic mass is 9.85. The van der Waals surface area contributed by atoms with Gasteiger partial charge >= 0.3 is 0 Å². The molecule has 0 bridgehead atoms. The van der Waals surface area contributed by atoms with E-state index in [9.17, 15) is 0 Å². The summed E-state index contributed by atoms with van der Waals surface area (Å²) in [6, 6.07) is 37.5. The van der Waals surface area contributed by atoms with Gasteiger partial charge in [0.25, 0.3) is 0 Å². The minimum absolute atomic E-state index is 0.206. The summed E-state index contributed by atoms with van der Waals surface area (Å²) in [5.41, 5.74) is 5.04. The number of rotatable bonds is 2. The summed E-state index contributed by atoms with van der Waals surface area (Å²) in [5.74, 6) is 1.65. The van der Waals surface area contributed by atoms with Crippen LogP contribution in [0.15, 0.2) is 145 Å². The van der Waals surface area contributed by atoms with Gasteiger partial charge in [0.2, 0.25) is 0 Å². The summed E-state index contributed by atoms with van der Waals surface area (Å²) in [6.07, 6.45) is 0. The third-order valence-electron chi connectivity index (χ3n) is 8.33. The van der Waals surface area contributed by atoms with Gasteiger partial charge in [-0.2, -0.15) is 0 Å². The van der Waals surface area contributed by atoms with Gasteiger partial charge in [-0.05, 0) is 83.7 Å². The lowest BCUT2D eigenvalue weighted by Gasteiger charge is -2.23. The van der Waals surface area contributed by atoms with E-state index in [1.165, 1.54) is 0 Å².